The number of Topliss-reactive ketones (excluding diaryl/α,β-unsaturated/α-hetero) is 1. The fourth-order valence-electron chi connectivity index (χ4n) is 2.22. The minimum Gasteiger partial charge on any atom is -0.508 e. The zero-order valence-electron chi connectivity index (χ0n) is 13.1. The summed E-state index contributed by atoms with van der Waals surface area (Å²) in [6.45, 7) is 3.01. The SMILES string of the molecule is CC(C)OC(OC1COc2cc(O)cc(O)c2C1=O)C(O)C(O)O. The molecular formula is C15H20O9. The minimum atomic E-state index is -2.13. The van der Waals surface area contributed by atoms with Gasteiger partial charge >= 0.3 is 0 Å². The summed E-state index contributed by atoms with van der Waals surface area (Å²) in [5.41, 5.74) is -0.175. The Hall–Kier alpha value is -1.91. The van der Waals surface area contributed by atoms with E-state index in [0.29, 0.717) is 0 Å². The van der Waals surface area contributed by atoms with E-state index in [4.69, 9.17) is 24.4 Å². The number of benzene rings is 1. The van der Waals surface area contributed by atoms with Crippen molar-refractivity contribution in [2.24, 2.45) is 0 Å². The molecule has 3 atom stereocenters. The highest BCUT2D eigenvalue weighted by molar-refractivity contribution is 6.05. The predicted molar refractivity (Wildman–Crippen MR) is 78.7 cm³/mol. The molecule has 0 fully saturated rings. The third-order valence-electron chi connectivity index (χ3n) is 3.28. The standard InChI is InChI=1S/C15H20O9/c1-6(2)23-15(13(19)14(20)21)24-10-5-22-9-4-7(16)3-8(17)11(9)12(10)18/h3-4,6,10,13-17,19-21H,5H2,1-2H3. The summed E-state index contributed by atoms with van der Waals surface area (Å²) in [6, 6.07) is 2.16. The van der Waals surface area contributed by atoms with Crippen molar-refractivity contribution in [1.29, 1.82) is 0 Å². The van der Waals surface area contributed by atoms with Gasteiger partial charge in [0.2, 0.25) is 5.78 Å². The van der Waals surface area contributed by atoms with Crippen LogP contribution in [0.4, 0.5) is 0 Å². The summed E-state index contributed by atoms with van der Waals surface area (Å²) in [7, 11) is 0. The topological polar surface area (TPSA) is 146 Å². The molecule has 0 radical (unpaired) electrons. The fraction of sp³-hybridized carbons (Fsp3) is 0.533. The van der Waals surface area contributed by atoms with Crippen LogP contribution in [0.3, 0.4) is 0 Å². The Labute approximate surface area is 137 Å². The van der Waals surface area contributed by atoms with Crippen molar-refractivity contribution in [2.45, 2.75) is 44.7 Å². The number of phenols is 2. The van der Waals surface area contributed by atoms with Gasteiger partial charge in [-0.15, -0.1) is 0 Å². The van der Waals surface area contributed by atoms with Crippen molar-refractivity contribution in [3.63, 3.8) is 0 Å². The molecule has 0 bridgehead atoms. The van der Waals surface area contributed by atoms with E-state index in [1.54, 1.807) is 13.8 Å². The first-order valence-corrected chi connectivity index (χ1v) is 7.28. The molecule has 3 unspecified atom stereocenters. The zero-order chi connectivity index (χ0) is 18.0. The molecule has 0 aliphatic carbocycles. The number of aromatic hydroxyl groups is 2. The number of ether oxygens (including phenoxy) is 3. The molecule has 1 heterocycles. The molecule has 1 aromatic carbocycles. The molecule has 0 aromatic heterocycles. The second-order valence-corrected chi connectivity index (χ2v) is 5.60. The van der Waals surface area contributed by atoms with E-state index in [1.807, 2.05) is 0 Å². The predicted octanol–water partition coefficient (Wildman–Crippen LogP) is -0.519. The van der Waals surface area contributed by atoms with Gasteiger partial charge in [0.1, 0.15) is 29.4 Å². The van der Waals surface area contributed by atoms with Gasteiger partial charge in [-0.05, 0) is 13.8 Å². The number of aliphatic hydroxyl groups excluding tert-OH is 2. The normalized spacial score (nSPS) is 20.0. The van der Waals surface area contributed by atoms with Crippen LogP contribution >= 0.6 is 0 Å². The highest BCUT2D eigenvalue weighted by Crippen LogP contribution is 2.37. The van der Waals surface area contributed by atoms with Crippen LogP contribution in [0.5, 0.6) is 17.2 Å². The van der Waals surface area contributed by atoms with Crippen LogP contribution < -0.4 is 4.74 Å². The maximum Gasteiger partial charge on any atom is 0.202 e. The fourth-order valence-corrected chi connectivity index (χ4v) is 2.22. The van der Waals surface area contributed by atoms with Gasteiger partial charge in [0, 0.05) is 12.1 Å². The summed E-state index contributed by atoms with van der Waals surface area (Å²) >= 11 is 0. The Morgan fingerprint density at radius 3 is 2.46 bits per heavy atom. The molecule has 1 aliphatic heterocycles. The van der Waals surface area contributed by atoms with Crippen LogP contribution in [0.25, 0.3) is 0 Å². The zero-order valence-corrected chi connectivity index (χ0v) is 13.1. The Balaban J connectivity index is 2.21. The van der Waals surface area contributed by atoms with Gasteiger partial charge in [0.25, 0.3) is 0 Å². The second kappa shape index (κ2) is 7.32. The van der Waals surface area contributed by atoms with Gasteiger partial charge in [0.05, 0.1) is 6.10 Å². The first-order chi connectivity index (χ1) is 11.2. The molecule has 1 aromatic rings. The number of rotatable bonds is 6. The second-order valence-electron chi connectivity index (χ2n) is 5.60. The van der Waals surface area contributed by atoms with Gasteiger partial charge in [-0.3, -0.25) is 4.79 Å². The van der Waals surface area contributed by atoms with Crippen LogP contribution in [-0.2, 0) is 9.47 Å². The van der Waals surface area contributed by atoms with Crippen LogP contribution in [0.2, 0.25) is 0 Å². The average molecular weight is 344 g/mol. The summed E-state index contributed by atoms with van der Waals surface area (Å²) < 4.78 is 15.9. The van der Waals surface area contributed by atoms with Crippen LogP contribution in [0, 0.1) is 0 Å². The Morgan fingerprint density at radius 2 is 1.88 bits per heavy atom. The Kier molecular flexibility index (Phi) is 5.62. The third kappa shape index (κ3) is 3.94. The van der Waals surface area contributed by atoms with Crippen molar-refractivity contribution >= 4 is 5.78 Å². The Bertz CT molecular complexity index is 599. The van der Waals surface area contributed by atoms with E-state index in [1.165, 1.54) is 6.07 Å². The maximum atomic E-state index is 12.5. The molecular weight excluding hydrogens is 324 g/mol. The molecule has 0 spiro atoms. The van der Waals surface area contributed by atoms with E-state index in [2.05, 4.69) is 0 Å². The molecule has 5 N–H and O–H groups in total. The van der Waals surface area contributed by atoms with Crippen LogP contribution in [0.15, 0.2) is 12.1 Å². The lowest BCUT2D eigenvalue weighted by molar-refractivity contribution is -0.268. The van der Waals surface area contributed by atoms with Crippen molar-refractivity contribution in [3.05, 3.63) is 17.7 Å². The number of carbonyl (C=O) groups is 1. The molecule has 9 heteroatoms. The summed E-state index contributed by atoms with van der Waals surface area (Å²) in [4.78, 5) is 12.5. The molecule has 0 amide bonds. The molecule has 1 aliphatic rings. The molecule has 9 nitrogen and oxygen atoms in total. The lowest BCUT2D eigenvalue weighted by Gasteiger charge is -2.31. The van der Waals surface area contributed by atoms with Crippen LogP contribution in [0.1, 0.15) is 24.2 Å². The monoisotopic (exact) mass is 344 g/mol. The molecule has 0 saturated heterocycles. The summed E-state index contributed by atoms with van der Waals surface area (Å²) in [5, 5.41) is 47.2. The van der Waals surface area contributed by atoms with E-state index < -0.39 is 42.4 Å². The van der Waals surface area contributed by atoms with Crippen molar-refractivity contribution in [1.82, 2.24) is 0 Å². The lowest BCUT2D eigenvalue weighted by Crippen LogP contribution is -2.47. The minimum absolute atomic E-state index is 0.00131. The molecule has 24 heavy (non-hydrogen) atoms. The van der Waals surface area contributed by atoms with Gasteiger partial charge in [-0.2, -0.15) is 0 Å². The summed E-state index contributed by atoms with van der Waals surface area (Å²) in [6.07, 6.45) is -7.12. The van der Waals surface area contributed by atoms with E-state index in [0.717, 1.165) is 6.07 Å². The largest absolute Gasteiger partial charge is 0.508 e. The van der Waals surface area contributed by atoms with Gasteiger partial charge < -0.3 is 39.7 Å². The van der Waals surface area contributed by atoms with E-state index >= 15 is 0 Å². The number of hydrogen-bond donors (Lipinski definition) is 5. The highest BCUT2D eigenvalue weighted by atomic mass is 16.7. The first kappa shape index (κ1) is 18.4. The van der Waals surface area contributed by atoms with Crippen LogP contribution in [-0.4, -0.2) is 68.8 Å². The van der Waals surface area contributed by atoms with Crippen molar-refractivity contribution < 1.29 is 44.5 Å². The van der Waals surface area contributed by atoms with Gasteiger partial charge in [-0.25, -0.2) is 0 Å². The third-order valence-corrected chi connectivity index (χ3v) is 3.28. The van der Waals surface area contributed by atoms with Gasteiger partial charge in [-0.1, -0.05) is 0 Å². The number of hydrogen-bond acceptors (Lipinski definition) is 9. The van der Waals surface area contributed by atoms with E-state index in [-0.39, 0.29) is 23.7 Å². The number of phenolic OH excluding ortho intramolecular Hbond substituents is 2. The Morgan fingerprint density at radius 1 is 1.21 bits per heavy atom. The maximum absolute atomic E-state index is 12.5. The van der Waals surface area contributed by atoms with Crippen molar-refractivity contribution in [2.75, 3.05) is 6.61 Å². The van der Waals surface area contributed by atoms with Crippen molar-refractivity contribution in [3.8, 4) is 17.2 Å². The number of carbonyl (C=O) groups excluding carboxylic acids is 1. The smallest absolute Gasteiger partial charge is 0.202 e. The molecule has 0 saturated carbocycles. The van der Waals surface area contributed by atoms with Gasteiger partial charge in [0.15, 0.2) is 24.8 Å². The summed E-state index contributed by atoms with van der Waals surface area (Å²) in [5.74, 6) is -1.39. The number of ketones is 1. The number of aliphatic hydroxyl groups is 3. The number of fused-ring (bicyclic) bond motifs is 1. The molecule has 134 valence electrons. The van der Waals surface area contributed by atoms with E-state index in [9.17, 15) is 20.1 Å². The highest BCUT2D eigenvalue weighted by Gasteiger charge is 2.38. The average Bonchev–Trinajstić information content (AvgIpc) is 2.47. The lowest BCUT2D eigenvalue weighted by atomic mass is 10.0. The quantitative estimate of drug-likeness (QED) is 0.430. The first-order valence-electron chi connectivity index (χ1n) is 7.28. The molecule has 2 rings (SSSR count).